The number of methoxy groups -OCH3 is 1. The molecule has 0 N–H and O–H groups in total. The van der Waals surface area contributed by atoms with Crippen LogP contribution in [-0.2, 0) is 19.0 Å². The summed E-state index contributed by atoms with van der Waals surface area (Å²) in [7, 11) is 1.29. The minimum atomic E-state index is -1.13. The van der Waals surface area contributed by atoms with Crippen LogP contribution in [0.2, 0.25) is 0 Å². The lowest BCUT2D eigenvalue weighted by molar-refractivity contribution is -0.164. The van der Waals surface area contributed by atoms with Gasteiger partial charge in [0.2, 0.25) is 0 Å². The van der Waals surface area contributed by atoms with Crippen molar-refractivity contribution in [1.82, 2.24) is 4.90 Å². The molecule has 1 saturated heterocycles. The molecule has 104 valence electrons. The highest BCUT2D eigenvalue weighted by Gasteiger charge is 2.47. The Kier molecular flexibility index (Phi) is 4.21. The maximum absolute atomic E-state index is 12.1. The predicted molar refractivity (Wildman–Crippen MR) is 64.2 cm³/mol. The van der Waals surface area contributed by atoms with Gasteiger partial charge in [0.25, 0.3) is 0 Å². The molecule has 0 unspecified atom stereocenters. The monoisotopic (exact) mass is 259 g/mol. The van der Waals surface area contributed by atoms with E-state index >= 15 is 0 Å². The molecular weight excluding hydrogens is 238 g/mol. The van der Waals surface area contributed by atoms with Crippen molar-refractivity contribution < 1.29 is 23.8 Å². The third-order valence-electron chi connectivity index (χ3n) is 2.68. The third kappa shape index (κ3) is 3.13. The second-order valence-electron chi connectivity index (χ2n) is 5.45. The molecule has 1 amide bonds. The number of carbonyl (C=O) groups is 2. The highest BCUT2D eigenvalue weighted by atomic mass is 16.6. The number of nitrogens with zero attached hydrogens (tertiary/aromatic N) is 1. The summed E-state index contributed by atoms with van der Waals surface area (Å²) < 4.78 is 15.3. The summed E-state index contributed by atoms with van der Waals surface area (Å²) >= 11 is 0. The molecule has 0 aromatic heterocycles. The summed E-state index contributed by atoms with van der Waals surface area (Å²) in [6, 6.07) is 0. The van der Waals surface area contributed by atoms with Crippen molar-refractivity contribution in [1.29, 1.82) is 0 Å². The first-order valence-electron chi connectivity index (χ1n) is 5.87. The number of hydrogen-bond donors (Lipinski definition) is 0. The predicted octanol–water partition coefficient (Wildman–Crippen LogP) is 1.19. The second-order valence-corrected chi connectivity index (χ2v) is 5.45. The van der Waals surface area contributed by atoms with E-state index in [-0.39, 0.29) is 6.61 Å². The van der Waals surface area contributed by atoms with E-state index in [4.69, 9.17) is 14.2 Å². The Morgan fingerprint density at radius 1 is 1.33 bits per heavy atom. The van der Waals surface area contributed by atoms with Gasteiger partial charge in [-0.05, 0) is 27.7 Å². The van der Waals surface area contributed by atoms with Crippen molar-refractivity contribution in [3.8, 4) is 0 Å². The van der Waals surface area contributed by atoms with E-state index in [1.54, 1.807) is 27.7 Å². The Morgan fingerprint density at radius 2 is 1.94 bits per heavy atom. The molecule has 1 fully saturated rings. The molecule has 0 aromatic carbocycles. The standard InChI is InChI=1S/C12H21NO5/c1-11(2,3)18-10(15)13-6-7-17-8-12(13,4)9(14)16-5/h6-8H2,1-5H3/t12-/m0/s1. The fraction of sp³-hybridized carbons (Fsp3) is 0.833. The van der Waals surface area contributed by atoms with Gasteiger partial charge in [0.15, 0.2) is 5.54 Å². The molecule has 0 saturated carbocycles. The van der Waals surface area contributed by atoms with E-state index in [1.165, 1.54) is 12.0 Å². The van der Waals surface area contributed by atoms with Gasteiger partial charge in [0.1, 0.15) is 5.60 Å². The first-order valence-corrected chi connectivity index (χ1v) is 5.87. The SMILES string of the molecule is COC(=O)[C@]1(C)COCCN1C(=O)OC(C)(C)C. The Bertz CT molecular complexity index is 336. The van der Waals surface area contributed by atoms with E-state index in [2.05, 4.69) is 0 Å². The van der Waals surface area contributed by atoms with E-state index in [1.807, 2.05) is 0 Å². The Morgan fingerprint density at radius 3 is 2.44 bits per heavy atom. The Labute approximate surface area is 107 Å². The van der Waals surface area contributed by atoms with Crippen molar-refractivity contribution >= 4 is 12.1 Å². The molecule has 6 nitrogen and oxygen atoms in total. The zero-order valence-electron chi connectivity index (χ0n) is 11.6. The van der Waals surface area contributed by atoms with Crippen LogP contribution in [0.1, 0.15) is 27.7 Å². The number of morpholine rings is 1. The molecule has 0 aliphatic carbocycles. The van der Waals surface area contributed by atoms with Crippen molar-refractivity contribution in [2.24, 2.45) is 0 Å². The van der Waals surface area contributed by atoms with Gasteiger partial charge < -0.3 is 14.2 Å². The Balaban J connectivity index is 2.89. The smallest absolute Gasteiger partial charge is 0.411 e. The molecule has 1 rings (SSSR count). The summed E-state index contributed by atoms with van der Waals surface area (Å²) in [6.45, 7) is 7.75. The molecule has 1 atom stereocenters. The van der Waals surface area contributed by atoms with E-state index in [0.717, 1.165) is 0 Å². The van der Waals surface area contributed by atoms with Crippen LogP contribution in [0.3, 0.4) is 0 Å². The summed E-state index contributed by atoms with van der Waals surface area (Å²) in [5, 5.41) is 0. The maximum atomic E-state index is 12.1. The van der Waals surface area contributed by atoms with Crippen LogP contribution in [0.5, 0.6) is 0 Å². The molecule has 1 aliphatic rings. The van der Waals surface area contributed by atoms with Crippen LogP contribution in [0.4, 0.5) is 4.79 Å². The van der Waals surface area contributed by atoms with E-state index < -0.39 is 23.2 Å². The number of rotatable bonds is 1. The van der Waals surface area contributed by atoms with Crippen molar-refractivity contribution in [2.45, 2.75) is 38.8 Å². The van der Waals surface area contributed by atoms with Crippen LogP contribution in [0, 0.1) is 0 Å². The van der Waals surface area contributed by atoms with Crippen LogP contribution in [-0.4, -0.2) is 55.0 Å². The van der Waals surface area contributed by atoms with Crippen molar-refractivity contribution in [2.75, 3.05) is 26.9 Å². The second kappa shape index (κ2) is 5.14. The lowest BCUT2D eigenvalue weighted by Crippen LogP contribution is -2.62. The molecule has 6 heteroatoms. The molecule has 18 heavy (non-hydrogen) atoms. The highest BCUT2D eigenvalue weighted by molar-refractivity contribution is 5.85. The zero-order valence-corrected chi connectivity index (χ0v) is 11.6. The fourth-order valence-corrected chi connectivity index (χ4v) is 1.75. The van der Waals surface area contributed by atoms with Crippen LogP contribution in [0.25, 0.3) is 0 Å². The third-order valence-corrected chi connectivity index (χ3v) is 2.68. The fourth-order valence-electron chi connectivity index (χ4n) is 1.75. The number of hydrogen-bond acceptors (Lipinski definition) is 5. The van der Waals surface area contributed by atoms with Gasteiger partial charge in [0, 0.05) is 6.54 Å². The number of amides is 1. The van der Waals surface area contributed by atoms with Gasteiger partial charge in [-0.15, -0.1) is 0 Å². The van der Waals surface area contributed by atoms with Crippen LogP contribution in [0.15, 0.2) is 0 Å². The van der Waals surface area contributed by atoms with Gasteiger partial charge >= 0.3 is 12.1 Å². The molecule has 1 aliphatic heterocycles. The maximum Gasteiger partial charge on any atom is 0.411 e. The van der Waals surface area contributed by atoms with Gasteiger partial charge in [-0.3, -0.25) is 4.90 Å². The normalized spacial score (nSPS) is 24.6. The molecule has 0 aromatic rings. The number of esters is 1. The zero-order chi connectivity index (χ0) is 14.0. The van der Waals surface area contributed by atoms with Crippen LogP contribution >= 0.6 is 0 Å². The molecule has 0 bridgehead atoms. The minimum Gasteiger partial charge on any atom is -0.467 e. The molecule has 0 radical (unpaired) electrons. The Hall–Kier alpha value is -1.30. The average Bonchev–Trinajstić information content (AvgIpc) is 2.26. The van der Waals surface area contributed by atoms with Gasteiger partial charge in [-0.2, -0.15) is 0 Å². The average molecular weight is 259 g/mol. The lowest BCUT2D eigenvalue weighted by Gasteiger charge is -2.42. The summed E-state index contributed by atoms with van der Waals surface area (Å²) in [4.78, 5) is 25.3. The highest BCUT2D eigenvalue weighted by Crippen LogP contribution is 2.24. The molecule has 0 spiro atoms. The van der Waals surface area contributed by atoms with Gasteiger partial charge in [-0.1, -0.05) is 0 Å². The largest absolute Gasteiger partial charge is 0.467 e. The quantitative estimate of drug-likeness (QED) is 0.662. The van der Waals surface area contributed by atoms with Gasteiger partial charge in [0.05, 0.1) is 20.3 Å². The molecular formula is C12H21NO5. The van der Waals surface area contributed by atoms with Crippen molar-refractivity contribution in [3.63, 3.8) is 0 Å². The van der Waals surface area contributed by atoms with Crippen molar-refractivity contribution in [3.05, 3.63) is 0 Å². The summed E-state index contributed by atoms with van der Waals surface area (Å²) in [6.07, 6.45) is -0.529. The first-order chi connectivity index (χ1) is 8.20. The lowest BCUT2D eigenvalue weighted by atomic mass is 10.0. The summed E-state index contributed by atoms with van der Waals surface area (Å²) in [5.74, 6) is -0.506. The number of ether oxygens (including phenoxy) is 3. The number of carbonyl (C=O) groups excluding carboxylic acids is 2. The van der Waals surface area contributed by atoms with Crippen LogP contribution < -0.4 is 0 Å². The molecule has 1 heterocycles. The first kappa shape index (κ1) is 14.8. The van der Waals surface area contributed by atoms with E-state index in [0.29, 0.717) is 13.2 Å². The van der Waals surface area contributed by atoms with Gasteiger partial charge in [-0.25, -0.2) is 9.59 Å². The topological polar surface area (TPSA) is 65.1 Å². The summed E-state index contributed by atoms with van der Waals surface area (Å²) in [5.41, 5.74) is -1.73. The van der Waals surface area contributed by atoms with E-state index in [9.17, 15) is 9.59 Å². The minimum absolute atomic E-state index is 0.110.